The zero-order chi connectivity index (χ0) is 15.3. The number of rotatable bonds is 6. The van der Waals surface area contributed by atoms with Crippen LogP contribution in [0.15, 0.2) is 35.1 Å². The van der Waals surface area contributed by atoms with Gasteiger partial charge in [0.25, 0.3) is 0 Å². The van der Waals surface area contributed by atoms with Gasteiger partial charge in [0.05, 0.1) is 6.61 Å². The summed E-state index contributed by atoms with van der Waals surface area (Å²) in [4.78, 5) is 4.29. The Morgan fingerprint density at radius 3 is 2.52 bits per heavy atom. The number of methoxy groups -OCH3 is 1. The van der Waals surface area contributed by atoms with Crippen LogP contribution in [-0.4, -0.2) is 25.2 Å². The zero-order valence-electron chi connectivity index (χ0n) is 13.3. The first kappa shape index (κ1) is 15.7. The van der Waals surface area contributed by atoms with E-state index in [1.54, 1.807) is 7.11 Å². The minimum atomic E-state index is 0.157. The lowest BCUT2D eigenvalue weighted by molar-refractivity contribution is 0.199. The van der Waals surface area contributed by atoms with Gasteiger partial charge in [-0.2, -0.15) is 0 Å². The van der Waals surface area contributed by atoms with Crippen LogP contribution in [0.1, 0.15) is 32.0 Å². The first-order valence-corrected chi connectivity index (χ1v) is 7.25. The van der Waals surface area contributed by atoms with Gasteiger partial charge in [0.1, 0.15) is 5.69 Å². The van der Waals surface area contributed by atoms with Gasteiger partial charge in [-0.15, -0.1) is 0 Å². The quantitative estimate of drug-likeness (QED) is 0.828. The molecule has 0 fully saturated rings. The van der Waals surface area contributed by atoms with E-state index >= 15 is 0 Å². The third-order valence-electron chi connectivity index (χ3n) is 3.43. The second-order valence-electron chi connectivity index (χ2n) is 6.13. The third-order valence-corrected chi connectivity index (χ3v) is 3.43. The Balaban J connectivity index is 2.10. The van der Waals surface area contributed by atoms with E-state index in [1.165, 1.54) is 12.0 Å². The van der Waals surface area contributed by atoms with Crippen molar-refractivity contribution in [1.82, 2.24) is 10.3 Å². The first-order chi connectivity index (χ1) is 10.0. The predicted molar refractivity (Wildman–Crippen MR) is 84.2 cm³/mol. The molecule has 0 aliphatic rings. The Kier molecular flexibility index (Phi) is 5.15. The van der Waals surface area contributed by atoms with Crippen LogP contribution in [0.4, 0.5) is 0 Å². The van der Waals surface area contributed by atoms with Crippen LogP contribution in [0.2, 0.25) is 0 Å². The average Bonchev–Trinajstić information content (AvgIpc) is 2.91. The van der Waals surface area contributed by atoms with Gasteiger partial charge in [-0.25, -0.2) is 4.98 Å². The van der Waals surface area contributed by atoms with Crippen molar-refractivity contribution in [1.29, 1.82) is 0 Å². The fraction of sp³-hybridized carbons (Fsp3) is 0.471. The van der Waals surface area contributed by atoms with Gasteiger partial charge >= 0.3 is 0 Å². The average molecular weight is 288 g/mol. The van der Waals surface area contributed by atoms with Crippen LogP contribution in [0.3, 0.4) is 0 Å². The van der Waals surface area contributed by atoms with Crippen molar-refractivity contribution in [3.05, 3.63) is 41.9 Å². The van der Waals surface area contributed by atoms with Gasteiger partial charge < -0.3 is 14.5 Å². The Hall–Kier alpha value is -1.65. The van der Waals surface area contributed by atoms with Gasteiger partial charge in [-0.05, 0) is 11.0 Å². The molecule has 1 aromatic heterocycles. The molecular formula is C17H24N2O2. The molecule has 1 aromatic carbocycles. The summed E-state index contributed by atoms with van der Waals surface area (Å²) in [5, 5.41) is 3.29. The summed E-state index contributed by atoms with van der Waals surface area (Å²) < 4.78 is 10.6. The van der Waals surface area contributed by atoms with E-state index in [0.717, 1.165) is 23.6 Å². The number of oxazole rings is 1. The largest absolute Gasteiger partial charge is 0.443 e. The van der Waals surface area contributed by atoms with Crippen LogP contribution in [0.5, 0.6) is 0 Å². The molecule has 0 unspecified atom stereocenters. The van der Waals surface area contributed by atoms with E-state index in [4.69, 9.17) is 9.15 Å². The van der Waals surface area contributed by atoms with Crippen LogP contribution in [-0.2, 0) is 16.7 Å². The molecule has 2 rings (SSSR count). The van der Waals surface area contributed by atoms with E-state index in [9.17, 15) is 0 Å². The molecule has 0 atom stereocenters. The highest BCUT2D eigenvalue weighted by Gasteiger charge is 2.15. The van der Waals surface area contributed by atoms with Crippen molar-refractivity contribution in [2.45, 2.75) is 32.7 Å². The molecule has 0 aliphatic heterocycles. The molecular weight excluding hydrogens is 264 g/mol. The van der Waals surface area contributed by atoms with Gasteiger partial charge in [0.15, 0.2) is 12.2 Å². The van der Waals surface area contributed by atoms with Crippen molar-refractivity contribution in [3.63, 3.8) is 0 Å². The van der Waals surface area contributed by atoms with E-state index in [2.05, 4.69) is 55.3 Å². The van der Waals surface area contributed by atoms with E-state index < -0.39 is 0 Å². The fourth-order valence-electron chi connectivity index (χ4n) is 2.13. The molecule has 0 saturated carbocycles. The molecule has 0 radical (unpaired) electrons. The van der Waals surface area contributed by atoms with Crippen molar-refractivity contribution >= 4 is 0 Å². The summed E-state index contributed by atoms with van der Waals surface area (Å²) in [6.45, 7) is 8.79. The Bertz CT molecular complexity index is 553. The van der Waals surface area contributed by atoms with Crippen molar-refractivity contribution in [2.24, 2.45) is 0 Å². The normalized spacial score (nSPS) is 11.8. The maximum absolute atomic E-state index is 5.55. The lowest BCUT2D eigenvalue weighted by atomic mass is 9.86. The molecule has 0 aliphatic carbocycles. The highest BCUT2D eigenvalue weighted by atomic mass is 16.5. The maximum Gasteiger partial charge on any atom is 0.181 e. The molecule has 0 bridgehead atoms. The molecule has 2 aromatic rings. The van der Waals surface area contributed by atoms with Crippen molar-refractivity contribution < 1.29 is 9.15 Å². The minimum Gasteiger partial charge on any atom is -0.443 e. The van der Waals surface area contributed by atoms with E-state index in [-0.39, 0.29) is 5.41 Å². The summed E-state index contributed by atoms with van der Waals surface area (Å²) in [7, 11) is 1.69. The van der Waals surface area contributed by atoms with Crippen LogP contribution >= 0.6 is 0 Å². The topological polar surface area (TPSA) is 47.3 Å². The van der Waals surface area contributed by atoms with Gasteiger partial charge in [0.2, 0.25) is 0 Å². The minimum absolute atomic E-state index is 0.157. The van der Waals surface area contributed by atoms with Gasteiger partial charge in [-0.1, -0.05) is 45.0 Å². The van der Waals surface area contributed by atoms with Gasteiger partial charge in [0, 0.05) is 25.8 Å². The number of ether oxygens (including phenoxy) is 1. The molecule has 0 spiro atoms. The maximum atomic E-state index is 5.55. The predicted octanol–water partition coefficient (Wildman–Crippen LogP) is 3.38. The highest BCUT2D eigenvalue weighted by Crippen LogP contribution is 2.27. The molecule has 4 heteroatoms. The van der Waals surface area contributed by atoms with Crippen LogP contribution in [0.25, 0.3) is 11.3 Å². The smallest absolute Gasteiger partial charge is 0.181 e. The molecule has 21 heavy (non-hydrogen) atoms. The number of benzene rings is 1. The van der Waals surface area contributed by atoms with E-state index in [0.29, 0.717) is 13.2 Å². The molecule has 114 valence electrons. The SMILES string of the molecule is COCCNCc1ncoc1-c1ccc(C(C)(C)C)cc1. The molecule has 0 amide bonds. The Morgan fingerprint density at radius 2 is 1.90 bits per heavy atom. The lowest BCUT2D eigenvalue weighted by Gasteiger charge is -2.19. The van der Waals surface area contributed by atoms with Gasteiger partial charge in [-0.3, -0.25) is 0 Å². The summed E-state index contributed by atoms with van der Waals surface area (Å²) >= 11 is 0. The second kappa shape index (κ2) is 6.87. The number of aromatic nitrogens is 1. The Morgan fingerprint density at radius 1 is 1.19 bits per heavy atom. The standard InChI is InChI=1S/C17H24N2O2/c1-17(2,3)14-7-5-13(6-8-14)16-15(19-12-21-16)11-18-9-10-20-4/h5-8,12,18H,9-11H2,1-4H3. The Labute approximate surface area is 126 Å². The number of nitrogens with zero attached hydrogens (tertiary/aromatic N) is 1. The van der Waals surface area contributed by atoms with Crippen molar-refractivity contribution in [3.8, 4) is 11.3 Å². The second-order valence-corrected chi connectivity index (χ2v) is 6.13. The van der Waals surface area contributed by atoms with Crippen LogP contribution < -0.4 is 5.32 Å². The number of hydrogen-bond donors (Lipinski definition) is 1. The summed E-state index contributed by atoms with van der Waals surface area (Å²) in [5.41, 5.74) is 3.45. The molecule has 1 N–H and O–H groups in total. The molecule has 4 nitrogen and oxygen atoms in total. The molecule has 0 saturated heterocycles. The molecule has 1 heterocycles. The van der Waals surface area contributed by atoms with E-state index in [1.807, 2.05) is 0 Å². The number of nitrogens with one attached hydrogen (secondary N) is 1. The first-order valence-electron chi connectivity index (χ1n) is 7.25. The monoisotopic (exact) mass is 288 g/mol. The fourth-order valence-corrected chi connectivity index (χ4v) is 2.13. The zero-order valence-corrected chi connectivity index (χ0v) is 13.3. The summed E-state index contributed by atoms with van der Waals surface area (Å²) in [5.74, 6) is 0.834. The summed E-state index contributed by atoms with van der Waals surface area (Å²) in [6, 6.07) is 8.50. The van der Waals surface area contributed by atoms with Crippen molar-refractivity contribution in [2.75, 3.05) is 20.3 Å². The van der Waals surface area contributed by atoms with Crippen LogP contribution in [0, 0.1) is 0 Å². The summed E-state index contributed by atoms with van der Waals surface area (Å²) in [6.07, 6.45) is 1.50. The lowest BCUT2D eigenvalue weighted by Crippen LogP contribution is -2.19. The third kappa shape index (κ3) is 4.16. The highest BCUT2D eigenvalue weighted by molar-refractivity contribution is 5.60. The number of hydrogen-bond acceptors (Lipinski definition) is 4.